The van der Waals surface area contributed by atoms with E-state index in [0.717, 1.165) is 32.3 Å². The van der Waals surface area contributed by atoms with Gasteiger partial charge in [-0.25, -0.2) is 0 Å². The zero-order valence-corrected chi connectivity index (χ0v) is 10.2. The highest BCUT2D eigenvalue weighted by Gasteiger charge is 2.24. The summed E-state index contributed by atoms with van der Waals surface area (Å²) in [6, 6.07) is 0. The van der Waals surface area contributed by atoms with Crippen molar-refractivity contribution < 1.29 is 9.53 Å². The van der Waals surface area contributed by atoms with Crippen molar-refractivity contribution in [3.8, 4) is 0 Å². The van der Waals surface area contributed by atoms with Gasteiger partial charge in [0.05, 0.1) is 6.10 Å². The SMILES string of the molecule is O=C1CCCC1CCOC1CCCCCC1. The molecule has 92 valence electrons. The molecule has 2 aliphatic rings. The smallest absolute Gasteiger partial charge is 0.136 e. The van der Waals surface area contributed by atoms with Crippen molar-refractivity contribution in [1.82, 2.24) is 0 Å². The van der Waals surface area contributed by atoms with E-state index in [0.29, 0.717) is 17.8 Å². The summed E-state index contributed by atoms with van der Waals surface area (Å²) in [6.07, 6.45) is 12.3. The molecule has 0 saturated heterocycles. The third-order valence-electron chi connectivity index (χ3n) is 4.05. The van der Waals surface area contributed by atoms with Gasteiger partial charge in [0.1, 0.15) is 5.78 Å². The van der Waals surface area contributed by atoms with Crippen LogP contribution in [-0.2, 0) is 9.53 Å². The van der Waals surface area contributed by atoms with Gasteiger partial charge in [-0.05, 0) is 32.1 Å². The third-order valence-corrected chi connectivity index (χ3v) is 4.05. The Morgan fingerprint density at radius 2 is 1.75 bits per heavy atom. The normalized spacial score (nSPS) is 28.2. The molecule has 0 radical (unpaired) electrons. The predicted molar refractivity (Wildman–Crippen MR) is 64.4 cm³/mol. The number of Topliss-reactive ketones (excluding diaryl/α,β-unsaturated/α-hetero) is 1. The van der Waals surface area contributed by atoms with Gasteiger partial charge in [0.2, 0.25) is 0 Å². The summed E-state index contributed by atoms with van der Waals surface area (Å²) in [5.41, 5.74) is 0. The molecule has 0 spiro atoms. The van der Waals surface area contributed by atoms with Crippen LogP contribution in [0, 0.1) is 5.92 Å². The molecule has 2 saturated carbocycles. The minimum Gasteiger partial charge on any atom is -0.378 e. The van der Waals surface area contributed by atoms with Crippen LogP contribution in [0.5, 0.6) is 0 Å². The van der Waals surface area contributed by atoms with Gasteiger partial charge in [0.25, 0.3) is 0 Å². The number of ketones is 1. The number of carbonyl (C=O) groups is 1. The molecular weight excluding hydrogens is 200 g/mol. The molecule has 0 aromatic carbocycles. The lowest BCUT2D eigenvalue weighted by molar-refractivity contribution is -0.121. The van der Waals surface area contributed by atoms with Crippen molar-refractivity contribution in [2.45, 2.75) is 70.3 Å². The average molecular weight is 224 g/mol. The van der Waals surface area contributed by atoms with Crippen molar-refractivity contribution >= 4 is 5.78 Å². The highest BCUT2D eigenvalue weighted by Crippen LogP contribution is 2.25. The highest BCUT2D eigenvalue weighted by atomic mass is 16.5. The molecule has 16 heavy (non-hydrogen) atoms. The molecule has 0 aromatic rings. The first kappa shape index (κ1) is 12.1. The molecule has 0 amide bonds. The van der Waals surface area contributed by atoms with Crippen molar-refractivity contribution in [2.75, 3.05) is 6.61 Å². The second-order valence-corrected chi connectivity index (χ2v) is 5.33. The summed E-state index contributed by atoms with van der Waals surface area (Å²) in [4.78, 5) is 11.5. The van der Waals surface area contributed by atoms with Gasteiger partial charge >= 0.3 is 0 Å². The van der Waals surface area contributed by atoms with Crippen LogP contribution in [0.3, 0.4) is 0 Å². The van der Waals surface area contributed by atoms with Crippen LogP contribution in [0.25, 0.3) is 0 Å². The van der Waals surface area contributed by atoms with Crippen LogP contribution in [-0.4, -0.2) is 18.5 Å². The van der Waals surface area contributed by atoms with E-state index in [1.807, 2.05) is 0 Å². The third kappa shape index (κ3) is 3.58. The van der Waals surface area contributed by atoms with E-state index in [-0.39, 0.29) is 0 Å². The van der Waals surface area contributed by atoms with Gasteiger partial charge in [-0.3, -0.25) is 4.79 Å². The second-order valence-electron chi connectivity index (χ2n) is 5.33. The molecule has 2 nitrogen and oxygen atoms in total. The van der Waals surface area contributed by atoms with Crippen molar-refractivity contribution in [1.29, 1.82) is 0 Å². The summed E-state index contributed by atoms with van der Waals surface area (Å²) in [7, 11) is 0. The molecule has 2 rings (SSSR count). The topological polar surface area (TPSA) is 26.3 Å². The van der Waals surface area contributed by atoms with Gasteiger partial charge in [-0.1, -0.05) is 25.7 Å². The van der Waals surface area contributed by atoms with Crippen LogP contribution in [0.4, 0.5) is 0 Å². The van der Waals surface area contributed by atoms with Crippen molar-refractivity contribution in [3.05, 3.63) is 0 Å². The molecule has 1 atom stereocenters. The lowest BCUT2D eigenvalue weighted by Gasteiger charge is -2.16. The Bertz CT molecular complexity index is 217. The average Bonchev–Trinajstić information content (AvgIpc) is 2.55. The van der Waals surface area contributed by atoms with Crippen LogP contribution < -0.4 is 0 Å². The van der Waals surface area contributed by atoms with E-state index in [1.54, 1.807) is 0 Å². The van der Waals surface area contributed by atoms with E-state index in [2.05, 4.69) is 0 Å². The lowest BCUT2D eigenvalue weighted by atomic mass is 10.0. The lowest BCUT2D eigenvalue weighted by Crippen LogP contribution is -2.16. The zero-order chi connectivity index (χ0) is 11.2. The van der Waals surface area contributed by atoms with Gasteiger partial charge < -0.3 is 4.74 Å². The van der Waals surface area contributed by atoms with Crippen molar-refractivity contribution in [2.24, 2.45) is 5.92 Å². The Morgan fingerprint density at radius 3 is 2.38 bits per heavy atom. The molecule has 0 heterocycles. The van der Waals surface area contributed by atoms with Crippen LogP contribution in [0.15, 0.2) is 0 Å². The molecule has 2 aliphatic carbocycles. The van der Waals surface area contributed by atoms with E-state index in [9.17, 15) is 4.79 Å². The maximum atomic E-state index is 11.5. The summed E-state index contributed by atoms with van der Waals surface area (Å²) in [5.74, 6) is 0.801. The summed E-state index contributed by atoms with van der Waals surface area (Å²) in [5, 5.41) is 0. The first-order valence-corrected chi connectivity index (χ1v) is 7.00. The fourth-order valence-corrected chi connectivity index (χ4v) is 2.98. The first-order valence-electron chi connectivity index (χ1n) is 7.00. The largest absolute Gasteiger partial charge is 0.378 e. The maximum Gasteiger partial charge on any atom is 0.136 e. The highest BCUT2D eigenvalue weighted by molar-refractivity contribution is 5.82. The Hall–Kier alpha value is -0.370. The summed E-state index contributed by atoms with van der Waals surface area (Å²) in [6.45, 7) is 0.807. The number of rotatable bonds is 4. The molecule has 0 N–H and O–H groups in total. The van der Waals surface area contributed by atoms with E-state index >= 15 is 0 Å². The zero-order valence-electron chi connectivity index (χ0n) is 10.2. The molecular formula is C14H24O2. The quantitative estimate of drug-likeness (QED) is 0.683. The Labute approximate surface area is 98.7 Å². The summed E-state index contributed by atoms with van der Waals surface area (Å²) < 4.78 is 5.92. The van der Waals surface area contributed by atoms with E-state index in [4.69, 9.17) is 4.74 Å². The minimum atomic E-state index is 0.325. The van der Waals surface area contributed by atoms with Gasteiger partial charge in [0, 0.05) is 18.9 Å². The standard InChI is InChI=1S/C14H24O2/c15-14-9-5-6-12(14)10-11-16-13-7-3-1-2-4-8-13/h12-13H,1-11H2. The Balaban J connectivity index is 1.61. The fourth-order valence-electron chi connectivity index (χ4n) is 2.98. The maximum absolute atomic E-state index is 11.5. The van der Waals surface area contributed by atoms with Gasteiger partial charge in [0.15, 0.2) is 0 Å². The molecule has 0 aromatic heterocycles. The fraction of sp³-hybridized carbons (Fsp3) is 0.929. The number of hydrogen-bond donors (Lipinski definition) is 0. The Morgan fingerprint density at radius 1 is 1.00 bits per heavy atom. The molecule has 2 fully saturated rings. The monoisotopic (exact) mass is 224 g/mol. The minimum absolute atomic E-state index is 0.325. The molecule has 0 aliphatic heterocycles. The van der Waals surface area contributed by atoms with Crippen LogP contribution >= 0.6 is 0 Å². The van der Waals surface area contributed by atoms with Crippen LogP contribution in [0.2, 0.25) is 0 Å². The van der Waals surface area contributed by atoms with Crippen LogP contribution in [0.1, 0.15) is 64.2 Å². The molecule has 0 bridgehead atoms. The molecule has 2 heteroatoms. The Kier molecular flexibility index (Phi) is 4.83. The number of carbonyl (C=O) groups excluding carboxylic acids is 1. The van der Waals surface area contributed by atoms with E-state index in [1.165, 1.54) is 38.5 Å². The van der Waals surface area contributed by atoms with Gasteiger partial charge in [-0.15, -0.1) is 0 Å². The van der Waals surface area contributed by atoms with Crippen molar-refractivity contribution in [3.63, 3.8) is 0 Å². The second kappa shape index (κ2) is 6.39. The summed E-state index contributed by atoms with van der Waals surface area (Å²) >= 11 is 0. The van der Waals surface area contributed by atoms with E-state index < -0.39 is 0 Å². The predicted octanol–water partition coefficient (Wildman–Crippen LogP) is 3.49. The number of hydrogen-bond acceptors (Lipinski definition) is 2. The van der Waals surface area contributed by atoms with Gasteiger partial charge in [-0.2, -0.15) is 0 Å². The number of ether oxygens (including phenoxy) is 1. The molecule has 1 unspecified atom stereocenters. The first-order chi connectivity index (χ1) is 7.86.